The highest BCUT2D eigenvalue weighted by Crippen LogP contribution is 2.28. The van der Waals surface area contributed by atoms with Crippen LogP contribution in [0, 0.1) is 0 Å². The van der Waals surface area contributed by atoms with Crippen molar-refractivity contribution in [2.75, 3.05) is 23.4 Å². The molecule has 0 atom stereocenters. The van der Waals surface area contributed by atoms with Crippen molar-refractivity contribution in [3.8, 4) is 5.75 Å². The van der Waals surface area contributed by atoms with Gasteiger partial charge in [0, 0.05) is 30.5 Å². The third-order valence-corrected chi connectivity index (χ3v) is 5.55. The predicted molar refractivity (Wildman–Crippen MR) is 125 cm³/mol. The molecule has 12 heteroatoms. The van der Waals surface area contributed by atoms with E-state index in [1.54, 1.807) is 37.4 Å². The van der Waals surface area contributed by atoms with Crippen molar-refractivity contribution >= 4 is 40.8 Å². The van der Waals surface area contributed by atoms with Crippen molar-refractivity contribution < 1.29 is 32.3 Å². The maximum atomic E-state index is 12.9. The van der Waals surface area contributed by atoms with Crippen LogP contribution in [-0.4, -0.2) is 47.7 Å². The fourth-order valence-corrected chi connectivity index (χ4v) is 3.71. The van der Waals surface area contributed by atoms with Crippen LogP contribution in [-0.2, 0) is 11.3 Å². The molecule has 1 aliphatic rings. The monoisotopic (exact) mass is 518 g/mol. The van der Waals surface area contributed by atoms with Gasteiger partial charge in [0.25, 0.3) is 11.8 Å². The van der Waals surface area contributed by atoms with Gasteiger partial charge >= 0.3 is 12.4 Å². The number of aromatic nitrogens is 1. The smallest absolute Gasteiger partial charge is 0.406 e. The minimum atomic E-state index is -4.86. The maximum absolute atomic E-state index is 12.9. The Morgan fingerprint density at radius 2 is 1.75 bits per heavy atom. The second-order valence-corrected chi connectivity index (χ2v) is 8.24. The third kappa shape index (κ3) is 5.57. The molecule has 0 aliphatic carbocycles. The number of ether oxygens (including phenoxy) is 1. The Balaban J connectivity index is 1.46. The molecule has 8 nitrogen and oxygen atoms in total. The van der Waals surface area contributed by atoms with E-state index in [-0.39, 0.29) is 30.4 Å². The maximum Gasteiger partial charge on any atom is 0.573 e. The van der Waals surface area contributed by atoms with E-state index in [0.717, 1.165) is 17.0 Å². The van der Waals surface area contributed by atoms with Crippen LogP contribution in [0.15, 0.2) is 66.9 Å². The third-order valence-electron chi connectivity index (χ3n) is 5.30. The van der Waals surface area contributed by atoms with Crippen LogP contribution in [0.1, 0.15) is 16.1 Å². The van der Waals surface area contributed by atoms with Gasteiger partial charge in [-0.2, -0.15) is 0 Å². The number of nitrogens with zero attached hydrogens (tertiary/aromatic N) is 4. The molecular weight excluding hydrogens is 501 g/mol. The first-order chi connectivity index (χ1) is 17.0. The normalized spacial score (nSPS) is 13.8. The highest BCUT2D eigenvalue weighted by atomic mass is 35.5. The minimum absolute atomic E-state index is 0.0177. The summed E-state index contributed by atoms with van der Waals surface area (Å²) in [7, 11) is 1.59. The lowest BCUT2D eigenvalue weighted by atomic mass is 10.2. The predicted octanol–water partition coefficient (Wildman–Crippen LogP) is 4.88. The molecular formula is C24H18ClF3N4O4. The standard InChI is InChI=1S/C24H18ClF3N4O4/c1-30(17-4-2-16(25)3-5-17)22(34)20-12-15(10-11-29-20)13-31-14-21(33)32(23(31)35)18-6-8-19(9-7-18)36-24(26,27)28/h2-12H,13-14H2,1H3. The van der Waals surface area contributed by atoms with Gasteiger partial charge in [0.15, 0.2) is 0 Å². The van der Waals surface area contributed by atoms with Crippen molar-refractivity contribution in [2.24, 2.45) is 0 Å². The number of hydrogen-bond acceptors (Lipinski definition) is 5. The van der Waals surface area contributed by atoms with Gasteiger partial charge in [0.05, 0.1) is 5.69 Å². The Morgan fingerprint density at radius 3 is 2.39 bits per heavy atom. The van der Waals surface area contributed by atoms with Crippen LogP contribution < -0.4 is 14.5 Å². The van der Waals surface area contributed by atoms with Gasteiger partial charge in [-0.1, -0.05) is 11.6 Å². The van der Waals surface area contributed by atoms with Crippen LogP contribution >= 0.6 is 11.6 Å². The van der Waals surface area contributed by atoms with Gasteiger partial charge in [0.2, 0.25) is 0 Å². The Morgan fingerprint density at radius 1 is 1.08 bits per heavy atom. The van der Waals surface area contributed by atoms with E-state index in [1.165, 1.54) is 34.2 Å². The van der Waals surface area contributed by atoms with Crippen molar-refractivity contribution in [2.45, 2.75) is 12.9 Å². The lowest BCUT2D eigenvalue weighted by Gasteiger charge is -2.19. The molecule has 1 saturated heterocycles. The largest absolute Gasteiger partial charge is 0.573 e. The van der Waals surface area contributed by atoms with E-state index in [0.29, 0.717) is 16.3 Å². The second-order valence-electron chi connectivity index (χ2n) is 7.80. The number of carbonyl (C=O) groups excluding carboxylic acids is 3. The topological polar surface area (TPSA) is 83.0 Å². The Kier molecular flexibility index (Phi) is 6.84. The van der Waals surface area contributed by atoms with Gasteiger partial charge in [0.1, 0.15) is 18.0 Å². The van der Waals surface area contributed by atoms with Crippen molar-refractivity contribution in [3.63, 3.8) is 0 Å². The summed E-state index contributed by atoms with van der Waals surface area (Å²) < 4.78 is 40.9. The summed E-state index contributed by atoms with van der Waals surface area (Å²) >= 11 is 5.89. The van der Waals surface area contributed by atoms with E-state index in [9.17, 15) is 27.6 Å². The molecule has 0 bridgehead atoms. The second kappa shape index (κ2) is 9.86. The van der Waals surface area contributed by atoms with Gasteiger partial charge < -0.3 is 14.5 Å². The van der Waals surface area contributed by atoms with Gasteiger partial charge in [-0.3, -0.25) is 14.6 Å². The summed E-state index contributed by atoms with van der Waals surface area (Å²) in [5.41, 5.74) is 1.42. The molecule has 186 valence electrons. The van der Waals surface area contributed by atoms with E-state index in [4.69, 9.17) is 11.6 Å². The number of imide groups is 1. The number of anilines is 2. The van der Waals surface area contributed by atoms with Crippen LogP contribution in [0.2, 0.25) is 5.02 Å². The summed E-state index contributed by atoms with van der Waals surface area (Å²) in [5.74, 6) is -1.40. The highest BCUT2D eigenvalue weighted by molar-refractivity contribution is 6.30. The summed E-state index contributed by atoms with van der Waals surface area (Å²) in [6.07, 6.45) is -3.43. The van der Waals surface area contributed by atoms with Crippen molar-refractivity contribution in [1.29, 1.82) is 0 Å². The Labute approximate surface area is 208 Å². The highest BCUT2D eigenvalue weighted by Gasteiger charge is 2.37. The van der Waals surface area contributed by atoms with Crippen LogP contribution in [0.3, 0.4) is 0 Å². The zero-order valence-corrected chi connectivity index (χ0v) is 19.5. The average molecular weight is 519 g/mol. The quantitative estimate of drug-likeness (QED) is 0.434. The summed E-state index contributed by atoms with van der Waals surface area (Å²) in [4.78, 5) is 46.0. The zero-order chi connectivity index (χ0) is 26.0. The fourth-order valence-electron chi connectivity index (χ4n) is 3.59. The number of amides is 4. The lowest BCUT2D eigenvalue weighted by Crippen LogP contribution is -2.33. The fraction of sp³-hybridized carbons (Fsp3) is 0.167. The minimum Gasteiger partial charge on any atom is -0.406 e. The number of carbonyl (C=O) groups is 3. The number of rotatable bonds is 6. The molecule has 0 radical (unpaired) electrons. The molecule has 0 unspecified atom stereocenters. The van der Waals surface area contributed by atoms with Crippen LogP contribution in [0.25, 0.3) is 0 Å². The molecule has 1 aliphatic heterocycles. The number of pyridine rings is 1. The molecule has 4 amide bonds. The van der Waals surface area contributed by atoms with Crippen LogP contribution in [0.4, 0.5) is 29.3 Å². The molecule has 3 aromatic rings. The molecule has 4 rings (SSSR count). The Hall–Kier alpha value is -4.12. The van der Waals surface area contributed by atoms with E-state index >= 15 is 0 Å². The molecule has 0 saturated carbocycles. The molecule has 1 fully saturated rings. The number of alkyl halides is 3. The Bertz CT molecular complexity index is 1300. The number of urea groups is 1. The zero-order valence-electron chi connectivity index (χ0n) is 18.7. The van der Waals surface area contributed by atoms with Gasteiger partial charge in [-0.25, -0.2) is 9.69 Å². The number of benzene rings is 2. The molecule has 36 heavy (non-hydrogen) atoms. The van der Waals surface area contributed by atoms with E-state index in [1.807, 2.05) is 0 Å². The summed E-state index contributed by atoms with van der Waals surface area (Å²) in [6, 6.07) is 13.6. The number of hydrogen-bond donors (Lipinski definition) is 0. The summed E-state index contributed by atoms with van der Waals surface area (Å²) in [6.45, 7) is -0.223. The van der Waals surface area contributed by atoms with Crippen molar-refractivity contribution in [1.82, 2.24) is 9.88 Å². The van der Waals surface area contributed by atoms with Gasteiger partial charge in [-0.05, 0) is 66.2 Å². The molecule has 2 heterocycles. The molecule has 0 spiro atoms. The average Bonchev–Trinajstić information content (AvgIpc) is 3.11. The molecule has 2 aromatic carbocycles. The van der Waals surface area contributed by atoms with Crippen LogP contribution in [0.5, 0.6) is 5.75 Å². The first kappa shape index (κ1) is 25.0. The van der Waals surface area contributed by atoms with E-state index in [2.05, 4.69) is 9.72 Å². The number of halogens is 4. The lowest BCUT2D eigenvalue weighted by molar-refractivity contribution is -0.274. The SMILES string of the molecule is CN(C(=O)c1cc(CN2CC(=O)N(c3ccc(OC(F)(F)F)cc3)C2=O)ccn1)c1ccc(Cl)cc1. The van der Waals surface area contributed by atoms with Crippen molar-refractivity contribution in [3.05, 3.63) is 83.1 Å². The van der Waals surface area contributed by atoms with E-state index < -0.39 is 24.1 Å². The first-order valence-corrected chi connectivity index (χ1v) is 10.9. The first-order valence-electron chi connectivity index (χ1n) is 10.5. The molecule has 0 N–H and O–H groups in total. The summed E-state index contributed by atoms with van der Waals surface area (Å²) in [5, 5.41) is 0.532. The van der Waals surface area contributed by atoms with Gasteiger partial charge in [-0.15, -0.1) is 13.2 Å². The molecule has 1 aromatic heterocycles.